The molecule has 0 saturated heterocycles. The van der Waals surface area contributed by atoms with Crippen molar-refractivity contribution in [3.63, 3.8) is 0 Å². The molecule has 2 heterocycles. The van der Waals surface area contributed by atoms with Crippen LogP contribution >= 0.6 is 11.6 Å². The van der Waals surface area contributed by atoms with Crippen molar-refractivity contribution in [2.24, 2.45) is 0 Å². The van der Waals surface area contributed by atoms with Gasteiger partial charge in [-0.15, -0.1) is 10.2 Å². The molecule has 0 unspecified atom stereocenters. The van der Waals surface area contributed by atoms with Crippen LogP contribution in [-0.2, 0) is 6.42 Å². The van der Waals surface area contributed by atoms with E-state index in [-0.39, 0.29) is 0 Å². The molecular formula is C23H18ClN5. The SMILES string of the molecule is CCc1ccccc1-n1cnc2cc(Nc3nnc(Cl)c4ccccc34)ccc21. The molecule has 0 aliphatic rings. The Labute approximate surface area is 173 Å². The minimum absolute atomic E-state index is 0.398. The number of rotatable bonds is 4. The summed E-state index contributed by atoms with van der Waals surface area (Å²) in [4.78, 5) is 4.61. The highest BCUT2D eigenvalue weighted by atomic mass is 35.5. The zero-order chi connectivity index (χ0) is 19.8. The van der Waals surface area contributed by atoms with Crippen molar-refractivity contribution < 1.29 is 0 Å². The highest BCUT2D eigenvalue weighted by Gasteiger charge is 2.11. The van der Waals surface area contributed by atoms with Gasteiger partial charge in [0.25, 0.3) is 0 Å². The number of aryl methyl sites for hydroxylation is 1. The van der Waals surface area contributed by atoms with E-state index in [0.717, 1.165) is 39.6 Å². The molecule has 0 spiro atoms. The average molecular weight is 400 g/mol. The number of aromatic nitrogens is 4. The highest BCUT2D eigenvalue weighted by Crippen LogP contribution is 2.29. The first-order valence-electron chi connectivity index (χ1n) is 9.48. The number of nitrogens with zero attached hydrogens (tertiary/aromatic N) is 4. The maximum atomic E-state index is 6.18. The summed E-state index contributed by atoms with van der Waals surface area (Å²) in [6.07, 6.45) is 2.85. The van der Waals surface area contributed by atoms with Gasteiger partial charge < -0.3 is 5.32 Å². The number of imidazole rings is 1. The van der Waals surface area contributed by atoms with Crippen molar-refractivity contribution in [3.05, 3.63) is 83.8 Å². The molecule has 0 saturated carbocycles. The lowest BCUT2D eigenvalue weighted by Crippen LogP contribution is -1.98. The minimum atomic E-state index is 0.398. The maximum Gasteiger partial charge on any atom is 0.161 e. The van der Waals surface area contributed by atoms with Crippen LogP contribution in [0.3, 0.4) is 0 Å². The standard InChI is InChI=1S/C23H18ClN5/c1-2-15-7-3-6-10-20(15)29-14-25-19-13-16(11-12-21(19)29)26-23-18-9-5-4-8-17(18)22(24)27-28-23/h3-14H,2H2,1H3,(H,26,28). The molecule has 1 N–H and O–H groups in total. The van der Waals surface area contributed by atoms with Crippen molar-refractivity contribution in [3.8, 4) is 5.69 Å². The van der Waals surface area contributed by atoms with Crippen LogP contribution in [0.1, 0.15) is 12.5 Å². The quantitative estimate of drug-likeness (QED) is 0.407. The van der Waals surface area contributed by atoms with Crippen molar-refractivity contribution in [2.75, 3.05) is 5.32 Å². The van der Waals surface area contributed by atoms with Crippen LogP contribution in [0.4, 0.5) is 11.5 Å². The Bertz CT molecular complexity index is 1340. The summed E-state index contributed by atoms with van der Waals surface area (Å²) < 4.78 is 2.13. The summed E-state index contributed by atoms with van der Waals surface area (Å²) in [5.74, 6) is 0.667. The third kappa shape index (κ3) is 3.09. The first kappa shape index (κ1) is 17.6. The summed E-state index contributed by atoms with van der Waals surface area (Å²) in [6.45, 7) is 2.16. The largest absolute Gasteiger partial charge is 0.338 e. The van der Waals surface area contributed by atoms with Crippen molar-refractivity contribution in [1.29, 1.82) is 0 Å². The lowest BCUT2D eigenvalue weighted by Gasteiger charge is -2.11. The Morgan fingerprint density at radius 1 is 0.931 bits per heavy atom. The Morgan fingerprint density at radius 2 is 1.72 bits per heavy atom. The predicted molar refractivity (Wildman–Crippen MR) is 118 cm³/mol. The molecule has 0 bridgehead atoms. The number of para-hydroxylation sites is 1. The van der Waals surface area contributed by atoms with Crippen molar-refractivity contribution in [1.82, 2.24) is 19.7 Å². The molecule has 3 aromatic carbocycles. The molecular weight excluding hydrogens is 382 g/mol. The fraction of sp³-hybridized carbons (Fsp3) is 0.0870. The summed E-state index contributed by atoms with van der Waals surface area (Å²) in [5.41, 5.74) is 5.31. The van der Waals surface area contributed by atoms with E-state index >= 15 is 0 Å². The number of nitrogens with one attached hydrogen (secondary N) is 1. The molecule has 0 fully saturated rings. The highest BCUT2D eigenvalue weighted by molar-refractivity contribution is 6.34. The van der Waals surface area contributed by atoms with Gasteiger partial charge >= 0.3 is 0 Å². The second-order valence-corrected chi connectivity index (χ2v) is 7.17. The number of fused-ring (bicyclic) bond motifs is 2. The zero-order valence-corrected chi connectivity index (χ0v) is 16.6. The Kier molecular flexibility index (Phi) is 4.37. The van der Waals surface area contributed by atoms with Crippen LogP contribution in [-0.4, -0.2) is 19.7 Å². The van der Waals surface area contributed by atoms with Crippen LogP contribution in [0.5, 0.6) is 0 Å². The smallest absolute Gasteiger partial charge is 0.161 e. The van der Waals surface area contributed by atoms with Crippen LogP contribution < -0.4 is 5.32 Å². The monoisotopic (exact) mass is 399 g/mol. The normalized spacial score (nSPS) is 11.2. The molecule has 6 heteroatoms. The van der Waals surface area contributed by atoms with E-state index in [1.807, 2.05) is 42.7 Å². The van der Waals surface area contributed by atoms with E-state index < -0.39 is 0 Å². The van der Waals surface area contributed by atoms with Crippen molar-refractivity contribution in [2.45, 2.75) is 13.3 Å². The summed E-state index contributed by atoms with van der Waals surface area (Å²) >= 11 is 6.18. The molecule has 5 rings (SSSR count). The number of anilines is 2. The Morgan fingerprint density at radius 3 is 2.59 bits per heavy atom. The summed E-state index contributed by atoms with van der Waals surface area (Å²) in [5, 5.41) is 13.8. The number of hydrogen-bond acceptors (Lipinski definition) is 4. The Hall–Kier alpha value is -3.44. The molecule has 5 nitrogen and oxygen atoms in total. The van der Waals surface area contributed by atoms with E-state index in [1.54, 1.807) is 0 Å². The first-order chi connectivity index (χ1) is 14.2. The van der Waals surface area contributed by atoms with Gasteiger partial charge in [-0.1, -0.05) is 61.0 Å². The molecule has 142 valence electrons. The minimum Gasteiger partial charge on any atom is -0.338 e. The lowest BCUT2D eigenvalue weighted by atomic mass is 10.1. The molecule has 5 aromatic rings. The van der Waals surface area contributed by atoms with Gasteiger partial charge in [-0.3, -0.25) is 4.57 Å². The maximum absolute atomic E-state index is 6.18. The second-order valence-electron chi connectivity index (χ2n) is 6.81. The molecule has 0 amide bonds. The van der Waals surface area contributed by atoms with Crippen LogP contribution in [0.2, 0.25) is 5.15 Å². The molecule has 0 radical (unpaired) electrons. The third-order valence-electron chi connectivity index (χ3n) is 5.08. The van der Waals surface area contributed by atoms with E-state index in [2.05, 4.69) is 62.3 Å². The van der Waals surface area contributed by atoms with E-state index in [9.17, 15) is 0 Å². The van der Waals surface area contributed by atoms with Gasteiger partial charge in [0.05, 0.1) is 16.7 Å². The fourth-order valence-corrected chi connectivity index (χ4v) is 3.83. The van der Waals surface area contributed by atoms with Crippen LogP contribution in [0.15, 0.2) is 73.1 Å². The zero-order valence-electron chi connectivity index (χ0n) is 15.8. The van der Waals surface area contributed by atoms with Crippen molar-refractivity contribution >= 4 is 44.9 Å². The van der Waals surface area contributed by atoms with Crippen LogP contribution in [0, 0.1) is 0 Å². The van der Waals surface area contributed by atoms with Gasteiger partial charge in [-0.25, -0.2) is 4.98 Å². The molecule has 29 heavy (non-hydrogen) atoms. The average Bonchev–Trinajstić information content (AvgIpc) is 3.19. The molecule has 0 aliphatic heterocycles. The topological polar surface area (TPSA) is 55.6 Å². The molecule has 0 aliphatic carbocycles. The summed E-state index contributed by atoms with van der Waals surface area (Å²) in [7, 11) is 0. The van der Waals surface area contributed by atoms with E-state index in [1.165, 1.54) is 5.56 Å². The van der Waals surface area contributed by atoms with Gasteiger partial charge in [0.1, 0.15) is 6.33 Å². The second kappa shape index (κ2) is 7.18. The first-order valence-corrected chi connectivity index (χ1v) is 9.85. The third-order valence-corrected chi connectivity index (χ3v) is 5.36. The fourth-order valence-electron chi connectivity index (χ4n) is 3.63. The molecule has 0 atom stereocenters. The number of hydrogen-bond donors (Lipinski definition) is 1. The number of benzene rings is 3. The van der Waals surface area contributed by atoms with Crippen LogP contribution in [0.25, 0.3) is 27.5 Å². The van der Waals surface area contributed by atoms with Gasteiger partial charge in [-0.05, 0) is 36.2 Å². The lowest BCUT2D eigenvalue weighted by molar-refractivity contribution is 1.03. The van der Waals surface area contributed by atoms with Gasteiger partial charge in [0.15, 0.2) is 11.0 Å². The molecule has 2 aromatic heterocycles. The van der Waals surface area contributed by atoms with Gasteiger partial charge in [-0.2, -0.15) is 0 Å². The van der Waals surface area contributed by atoms with E-state index in [0.29, 0.717) is 11.0 Å². The number of halogens is 1. The predicted octanol–water partition coefficient (Wildman–Crippen LogP) is 5.93. The van der Waals surface area contributed by atoms with Gasteiger partial charge in [0.2, 0.25) is 0 Å². The summed E-state index contributed by atoms with van der Waals surface area (Å²) in [6, 6.07) is 22.3. The van der Waals surface area contributed by atoms with E-state index in [4.69, 9.17) is 11.6 Å². The van der Waals surface area contributed by atoms with Gasteiger partial charge in [0, 0.05) is 16.5 Å². The Balaban J connectivity index is 1.55.